The second kappa shape index (κ2) is 6.32. The molecular weight excluding hydrogens is 170 g/mol. The Morgan fingerprint density at radius 1 is 1.46 bits per heavy atom. The van der Waals surface area contributed by atoms with Gasteiger partial charge < -0.3 is 20.3 Å². The Labute approximate surface area is 79.9 Å². The first-order chi connectivity index (χ1) is 6.02. The third-order valence-corrected chi connectivity index (χ3v) is 1.68. The van der Waals surface area contributed by atoms with Gasteiger partial charge in [-0.15, -0.1) is 0 Å². The van der Waals surface area contributed by atoms with Crippen LogP contribution < -0.4 is 5.32 Å². The zero-order valence-corrected chi connectivity index (χ0v) is 8.71. The molecule has 0 aliphatic rings. The van der Waals surface area contributed by atoms with E-state index < -0.39 is 6.10 Å². The van der Waals surface area contributed by atoms with E-state index in [1.807, 2.05) is 20.8 Å². The fourth-order valence-corrected chi connectivity index (χ4v) is 1.05. The molecular formula is C9H21NO3. The molecule has 0 aromatic rings. The lowest BCUT2D eigenvalue weighted by Crippen LogP contribution is -2.41. The Morgan fingerprint density at radius 3 is 2.54 bits per heavy atom. The van der Waals surface area contributed by atoms with Crippen LogP contribution in [0, 0.1) is 0 Å². The maximum atomic E-state index is 9.03. The molecule has 0 aliphatic heterocycles. The lowest BCUT2D eigenvalue weighted by atomic mass is 10.1. The van der Waals surface area contributed by atoms with Gasteiger partial charge in [0.2, 0.25) is 0 Å². The van der Waals surface area contributed by atoms with Crippen molar-refractivity contribution in [3.05, 3.63) is 0 Å². The minimum atomic E-state index is -0.683. The summed E-state index contributed by atoms with van der Waals surface area (Å²) in [6, 6.07) is 0. The molecule has 0 amide bonds. The molecule has 0 saturated carbocycles. The van der Waals surface area contributed by atoms with Crippen LogP contribution in [0.1, 0.15) is 20.8 Å². The maximum absolute atomic E-state index is 9.03. The van der Waals surface area contributed by atoms with Gasteiger partial charge in [0.1, 0.15) is 0 Å². The van der Waals surface area contributed by atoms with E-state index in [1.54, 1.807) is 0 Å². The summed E-state index contributed by atoms with van der Waals surface area (Å²) in [6.45, 7) is 7.44. The first-order valence-corrected chi connectivity index (χ1v) is 4.65. The molecule has 13 heavy (non-hydrogen) atoms. The smallest absolute Gasteiger partial charge is 0.0894 e. The molecule has 0 rings (SSSR count). The monoisotopic (exact) mass is 191 g/mol. The molecule has 0 bridgehead atoms. The van der Waals surface area contributed by atoms with E-state index in [0.29, 0.717) is 19.7 Å². The summed E-state index contributed by atoms with van der Waals surface area (Å²) in [5.74, 6) is 0. The Hall–Kier alpha value is -0.160. The number of hydrogen-bond donors (Lipinski definition) is 3. The average molecular weight is 191 g/mol. The minimum absolute atomic E-state index is 0.206. The van der Waals surface area contributed by atoms with Crippen LogP contribution in [0.5, 0.6) is 0 Å². The van der Waals surface area contributed by atoms with Gasteiger partial charge in [-0.05, 0) is 20.8 Å². The van der Waals surface area contributed by atoms with Gasteiger partial charge in [-0.3, -0.25) is 0 Å². The van der Waals surface area contributed by atoms with Gasteiger partial charge in [0.05, 0.1) is 18.3 Å². The van der Waals surface area contributed by atoms with E-state index in [2.05, 4.69) is 5.32 Å². The zero-order valence-electron chi connectivity index (χ0n) is 8.71. The molecule has 4 nitrogen and oxygen atoms in total. The van der Waals surface area contributed by atoms with Gasteiger partial charge in [0.25, 0.3) is 0 Å². The summed E-state index contributed by atoms with van der Waals surface area (Å²) in [6.07, 6.45) is -0.683. The van der Waals surface area contributed by atoms with Crippen LogP contribution in [-0.4, -0.2) is 48.2 Å². The van der Waals surface area contributed by atoms with Crippen LogP contribution in [-0.2, 0) is 4.74 Å². The van der Waals surface area contributed by atoms with Crippen LogP contribution in [0.15, 0.2) is 0 Å². The van der Waals surface area contributed by atoms with Crippen LogP contribution >= 0.6 is 0 Å². The summed E-state index contributed by atoms with van der Waals surface area (Å²) in [5.41, 5.74) is -0.218. The molecule has 0 fully saturated rings. The van der Waals surface area contributed by atoms with E-state index in [9.17, 15) is 0 Å². The van der Waals surface area contributed by atoms with E-state index in [0.717, 1.165) is 0 Å². The number of ether oxygens (including phenoxy) is 1. The van der Waals surface area contributed by atoms with Crippen molar-refractivity contribution in [2.75, 3.05) is 26.3 Å². The van der Waals surface area contributed by atoms with Crippen molar-refractivity contribution in [3.63, 3.8) is 0 Å². The fourth-order valence-electron chi connectivity index (χ4n) is 1.05. The second-order valence-electron chi connectivity index (χ2n) is 3.66. The molecule has 0 saturated heterocycles. The summed E-state index contributed by atoms with van der Waals surface area (Å²) < 4.78 is 5.44. The van der Waals surface area contributed by atoms with Crippen LogP contribution in [0.25, 0.3) is 0 Å². The first kappa shape index (κ1) is 12.8. The fraction of sp³-hybridized carbons (Fsp3) is 1.00. The molecule has 1 unspecified atom stereocenters. The highest BCUT2D eigenvalue weighted by Crippen LogP contribution is 2.06. The normalized spacial score (nSPS) is 14.5. The van der Waals surface area contributed by atoms with Crippen molar-refractivity contribution < 1.29 is 14.9 Å². The Balaban J connectivity index is 3.50. The van der Waals surface area contributed by atoms with Gasteiger partial charge in [-0.2, -0.15) is 0 Å². The van der Waals surface area contributed by atoms with Crippen molar-refractivity contribution in [2.24, 2.45) is 0 Å². The van der Waals surface area contributed by atoms with Crippen molar-refractivity contribution in [2.45, 2.75) is 32.5 Å². The Kier molecular flexibility index (Phi) is 6.24. The lowest BCUT2D eigenvalue weighted by molar-refractivity contribution is -0.0115. The predicted molar refractivity (Wildman–Crippen MR) is 51.7 cm³/mol. The number of nitrogens with one attached hydrogen (secondary N) is 1. The Morgan fingerprint density at radius 2 is 2.08 bits per heavy atom. The predicted octanol–water partition coefficient (Wildman–Crippen LogP) is -0.256. The van der Waals surface area contributed by atoms with Gasteiger partial charge in [-0.25, -0.2) is 0 Å². The van der Waals surface area contributed by atoms with Crippen molar-refractivity contribution in [1.82, 2.24) is 5.32 Å². The third-order valence-electron chi connectivity index (χ3n) is 1.68. The first-order valence-electron chi connectivity index (χ1n) is 4.65. The largest absolute Gasteiger partial charge is 0.394 e. The molecule has 0 aromatic carbocycles. The highest BCUT2D eigenvalue weighted by Gasteiger charge is 2.17. The number of rotatable bonds is 7. The molecule has 0 spiro atoms. The van der Waals surface area contributed by atoms with Crippen LogP contribution in [0.4, 0.5) is 0 Å². The highest BCUT2D eigenvalue weighted by atomic mass is 16.5. The number of aliphatic hydroxyl groups excluding tert-OH is 2. The lowest BCUT2D eigenvalue weighted by Gasteiger charge is -2.25. The molecule has 0 aliphatic carbocycles. The summed E-state index contributed by atoms with van der Waals surface area (Å²) in [5, 5.41) is 20.6. The summed E-state index contributed by atoms with van der Waals surface area (Å²) in [4.78, 5) is 0. The topological polar surface area (TPSA) is 61.7 Å². The van der Waals surface area contributed by atoms with E-state index in [-0.39, 0.29) is 12.2 Å². The van der Waals surface area contributed by atoms with Gasteiger partial charge in [0.15, 0.2) is 0 Å². The zero-order chi connectivity index (χ0) is 10.3. The molecule has 0 aromatic heterocycles. The number of hydrogen-bond acceptors (Lipinski definition) is 4. The van der Waals surface area contributed by atoms with Gasteiger partial charge in [0, 0.05) is 19.7 Å². The molecule has 0 heterocycles. The minimum Gasteiger partial charge on any atom is -0.394 e. The summed E-state index contributed by atoms with van der Waals surface area (Å²) in [7, 11) is 0. The standard InChI is InChI=1S/C9H21NO3/c1-4-13-9(2,3)7-10-5-8(12)6-11/h8,10-12H,4-7H2,1-3H3. The number of aliphatic hydroxyl groups is 2. The quantitative estimate of drug-likeness (QED) is 0.519. The van der Waals surface area contributed by atoms with Crippen LogP contribution in [0.3, 0.4) is 0 Å². The molecule has 1 atom stereocenters. The van der Waals surface area contributed by atoms with E-state index in [1.165, 1.54) is 0 Å². The molecule has 4 heteroatoms. The second-order valence-corrected chi connectivity index (χ2v) is 3.66. The summed E-state index contributed by atoms with van der Waals surface area (Å²) >= 11 is 0. The average Bonchev–Trinajstić information content (AvgIpc) is 2.03. The maximum Gasteiger partial charge on any atom is 0.0894 e. The third kappa shape index (κ3) is 6.95. The molecule has 80 valence electrons. The van der Waals surface area contributed by atoms with Crippen molar-refractivity contribution >= 4 is 0 Å². The SMILES string of the molecule is CCOC(C)(C)CNCC(O)CO. The Bertz CT molecular complexity index is 128. The molecule has 0 radical (unpaired) electrons. The van der Waals surface area contributed by atoms with Gasteiger partial charge in [-0.1, -0.05) is 0 Å². The van der Waals surface area contributed by atoms with Gasteiger partial charge >= 0.3 is 0 Å². The van der Waals surface area contributed by atoms with E-state index >= 15 is 0 Å². The molecule has 3 N–H and O–H groups in total. The van der Waals surface area contributed by atoms with E-state index in [4.69, 9.17) is 14.9 Å². The van der Waals surface area contributed by atoms with Crippen molar-refractivity contribution in [3.8, 4) is 0 Å². The highest BCUT2D eigenvalue weighted by molar-refractivity contribution is 4.72. The van der Waals surface area contributed by atoms with Crippen LogP contribution in [0.2, 0.25) is 0 Å². The van der Waals surface area contributed by atoms with Crippen molar-refractivity contribution in [1.29, 1.82) is 0 Å².